The first-order valence-corrected chi connectivity index (χ1v) is 5.59. The molecule has 0 saturated carbocycles. The van der Waals surface area contributed by atoms with Crippen LogP contribution in [0, 0.1) is 6.92 Å². The minimum absolute atomic E-state index is 0.0675. The number of hydrogen-bond acceptors (Lipinski definition) is 4. The van der Waals surface area contributed by atoms with Crippen molar-refractivity contribution < 1.29 is 14.3 Å². The number of aromatic carboxylic acids is 1. The molecule has 1 aromatic carbocycles. The standard InChI is InChI=1S/C13H14N2O3/c1-9-2-4-10(5-3-9)6-14-7-12-15-11(8-18-12)13(16)17/h2-5,8,14H,6-7H2,1H3,(H,16,17). The smallest absolute Gasteiger partial charge is 0.357 e. The molecule has 5 nitrogen and oxygen atoms in total. The van der Waals surface area contributed by atoms with Gasteiger partial charge in [-0.1, -0.05) is 29.8 Å². The summed E-state index contributed by atoms with van der Waals surface area (Å²) in [5.74, 6) is -0.706. The summed E-state index contributed by atoms with van der Waals surface area (Å²) in [7, 11) is 0. The van der Waals surface area contributed by atoms with Gasteiger partial charge in [-0.2, -0.15) is 0 Å². The summed E-state index contributed by atoms with van der Waals surface area (Å²) in [4.78, 5) is 14.4. The first-order chi connectivity index (χ1) is 8.65. The molecule has 0 saturated heterocycles. The molecule has 2 N–H and O–H groups in total. The zero-order chi connectivity index (χ0) is 13.0. The van der Waals surface area contributed by atoms with Gasteiger partial charge in [-0.3, -0.25) is 0 Å². The van der Waals surface area contributed by atoms with E-state index in [-0.39, 0.29) is 5.69 Å². The van der Waals surface area contributed by atoms with E-state index in [1.165, 1.54) is 5.56 Å². The number of carboxylic acids is 1. The molecule has 94 valence electrons. The van der Waals surface area contributed by atoms with Crippen molar-refractivity contribution in [1.29, 1.82) is 0 Å². The number of nitrogens with zero attached hydrogens (tertiary/aromatic N) is 1. The lowest BCUT2D eigenvalue weighted by Gasteiger charge is -2.02. The molecule has 1 aromatic heterocycles. The topological polar surface area (TPSA) is 75.4 Å². The second-order valence-corrected chi connectivity index (χ2v) is 4.02. The minimum Gasteiger partial charge on any atom is -0.476 e. The predicted molar refractivity (Wildman–Crippen MR) is 65.2 cm³/mol. The molecule has 18 heavy (non-hydrogen) atoms. The number of aryl methyl sites for hydroxylation is 1. The molecule has 0 aliphatic rings. The van der Waals surface area contributed by atoms with Crippen LogP contribution in [0.1, 0.15) is 27.5 Å². The normalized spacial score (nSPS) is 10.5. The van der Waals surface area contributed by atoms with Gasteiger partial charge in [-0.15, -0.1) is 0 Å². The van der Waals surface area contributed by atoms with E-state index in [0.717, 1.165) is 11.8 Å². The largest absolute Gasteiger partial charge is 0.476 e. The van der Waals surface area contributed by atoms with E-state index in [4.69, 9.17) is 9.52 Å². The van der Waals surface area contributed by atoms with Crippen molar-refractivity contribution in [2.24, 2.45) is 0 Å². The number of aromatic nitrogens is 1. The molecule has 0 aliphatic carbocycles. The molecule has 2 aromatic rings. The molecule has 2 rings (SSSR count). The Bertz CT molecular complexity index is 531. The fourth-order valence-corrected chi connectivity index (χ4v) is 1.51. The first kappa shape index (κ1) is 12.3. The van der Waals surface area contributed by atoms with Crippen molar-refractivity contribution in [1.82, 2.24) is 10.3 Å². The molecule has 0 spiro atoms. The Kier molecular flexibility index (Phi) is 3.74. The highest BCUT2D eigenvalue weighted by molar-refractivity contribution is 5.84. The van der Waals surface area contributed by atoms with E-state index in [1.807, 2.05) is 31.2 Å². The Hall–Kier alpha value is -2.14. The molecule has 0 bridgehead atoms. The summed E-state index contributed by atoms with van der Waals surface area (Å²) in [5, 5.41) is 11.8. The van der Waals surface area contributed by atoms with Crippen LogP contribution in [-0.4, -0.2) is 16.1 Å². The molecule has 0 aliphatic heterocycles. The zero-order valence-corrected chi connectivity index (χ0v) is 10.0. The Morgan fingerprint density at radius 3 is 2.67 bits per heavy atom. The van der Waals surface area contributed by atoms with Gasteiger partial charge in [0.05, 0.1) is 6.54 Å². The Balaban J connectivity index is 1.84. The summed E-state index contributed by atoms with van der Waals surface area (Å²) < 4.78 is 5.03. The molecule has 0 unspecified atom stereocenters. The number of carboxylic acid groups (broad SMARTS) is 1. The monoisotopic (exact) mass is 246 g/mol. The van der Waals surface area contributed by atoms with Crippen LogP contribution in [-0.2, 0) is 13.1 Å². The fourth-order valence-electron chi connectivity index (χ4n) is 1.51. The van der Waals surface area contributed by atoms with E-state index >= 15 is 0 Å². The number of hydrogen-bond donors (Lipinski definition) is 2. The van der Waals surface area contributed by atoms with E-state index in [0.29, 0.717) is 19.0 Å². The van der Waals surface area contributed by atoms with Gasteiger partial charge >= 0.3 is 5.97 Å². The van der Waals surface area contributed by atoms with Crippen LogP contribution >= 0.6 is 0 Å². The summed E-state index contributed by atoms with van der Waals surface area (Å²) in [6, 6.07) is 8.18. The first-order valence-electron chi connectivity index (χ1n) is 5.59. The molecule has 0 fully saturated rings. The van der Waals surface area contributed by atoms with Gasteiger partial charge < -0.3 is 14.8 Å². The van der Waals surface area contributed by atoms with Crippen molar-refractivity contribution in [3.05, 3.63) is 53.2 Å². The van der Waals surface area contributed by atoms with Gasteiger partial charge in [0, 0.05) is 6.54 Å². The molecule has 1 heterocycles. The van der Waals surface area contributed by atoms with Gasteiger partial charge in [0.25, 0.3) is 0 Å². The Morgan fingerprint density at radius 1 is 1.33 bits per heavy atom. The summed E-state index contributed by atoms with van der Waals surface area (Å²) in [5.41, 5.74) is 2.31. The summed E-state index contributed by atoms with van der Waals surface area (Å²) in [6.45, 7) is 3.13. The maximum Gasteiger partial charge on any atom is 0.357 e. The van der Waals surface area contributed by atoms with Crippen molar-refractivity contribution in [3.63, 3.8) is 0 Å². The maximum absolute atomic E-state index is 10.6. The Morgan fingerprint density at radius 2 is 2.06 bits per heavy atom. The van der Waals surface area contributed by atoms with Gasteiger partial charge in [0.15, 0.2) is 5.69 Å². The predicted octanol–water partition coefficient (Wildman–Crippen LogP) is 1.97. The second kappa shape index (κ2) is 5.46. The SMILES string of the molecule is Cc1ccc(CNCc2nc(C(=O)O)co2)cc1. The van der Waals surface area contributed by atoms with E-state index < -0.39 is 5.97 Å². The average molecular weight is 246 g/mol. The number of rotatable bonds is 5. The number of nitrogens with one attached hydrogen (secondary N) is 1. The van der Waals surface area contributed by atoms with Crippen LogP contribution in [0.25, 0.3) is 0 Å². The highest BCUT2D eigenvalue weighted by Crippen LogP contribution is 2.04. The highest BCUT2D eigenvalue weighted by Gasteiger charge is 2.09. The number of carbonyl (C=O) groups is 1. The molecule has 5 heteroatoms. The maximum atomic E-state index is 10.6. The van der Waals surface area contributed by atoms with Crippen LogP contribution in [0.5, 0.6) is 0 Å². The van der Waals surface area contributed by atoms with Crippen LogP contribution in [0.4, 0.5) is 0 Å². The van der Waals surface area contributed by atoms with E-state index in [9.17, 15) is 4.79 Å². The minimum atomic E-state index is -1.08. The average Bonchev–Trinajstić information content (AvgIpc) is 2.81. The summed E-state index contributed by atoms with van der Waals surface area (Å²) in [6.07, 6.45) is 1.14. The van der Waals surface area contributed by atoms with E-state index in [2.05, 4.69) is 10.3 Å². The van der Waals surface area contributed by atoms with Crippen LogP contribution in [0.3, 0.4) is 0 Å². The molecular formula is C13H14N2O3. The lowest BCUT2D eigenvalue weighted by Crippen LogP contribution is -2.13. The van der Waals surface area contributed by atoms with Crippen LogP contribution in [0.15, 0.2) is 34.9 Å². The van der Waals surface area contributed by atoms with Gasteiger partial charge in [0.2, 0.25) is 5.89 Å². The lowest BCUT2D eigenvalue weighted by molar-refractivity contribution is 0.0690. The van der Waals surface area contributed by atoms with Gasteiger partial charge in [-0.25, -0.2) is 9.78 Å². The van der Waals surface area contributed by atoms with E-state index in [1.54, 1.807) is 0 Å². The highest BCUT2D eigenvalue weighted by atomic mass is 16.4. The Labute approximate surface area is 104 Å². The summed E-state index contributed by atoms with van der Waals surface area (Å²) >= 11 is 0. The zero-order valence-electron chi connectivity index (χ0n) is 10.0. The van der Waals surface area contributed by atoms with Crippen molar-refractivity contribution >= 4 is 5.97 Å². The molecule has 0 amide bonds. The van der Waals surface area contributed by atoms with Crippen molar-refractivity contribution in [2.45, 2.75) is 20.0 Å². The number of oxazole rings is 1. The van der Waals surface area contributed by atoms with Gasteiger partial charge in [0.1, 0.15) is 6.26 Å². The third-order valence-electron chi connectivity index (χ3n) is 2.50. The molecule has 0 radical (unpaired) electrons. The molecule has 0 atom stereocenters. The lowest BCUT2D eigenvalue weighted by atomic mass is 10.1. The van der Waals surface area contributed by atoms with Gasteiger partial charge in [-0.05, 0) is 12.5 Å². The fraction of sp³-hybridized carbons (Fsp3) is 0.231. The third-order valence-corrected chi connectivity index (χ3v) is 2.50. The van der Waals surface area contributed by atoms with Crippen LogP contribution < -0.4 is 5.32 Å². The molecular weight excluding hydrogens is 232 g/mol. The number of benzene rings is 1. The van der Waals surface area contributed by atoms with Crippen molar-refractivity contribution in [3.8, 4) is 0 Å². The quantitative estimate of drug-likeness (QED) is 0.843. The second-order valence-electron chi connectivity index (χ2n) is 4.02. The van der Waals surface area contributed by atoms with Crippen LogP contribution in [0.2, 0.25) is 0 Å². The van der Waals surface area contributed by atoms with Crippen molar-refractivity contribution in [2.75, 3.05) is 0 Å². The third kappa shape index (κ3) is 3.18.